The fourth-order valence-electron chi connectivity index (χ4n) is 18.1. The van der Waals surface area contributed by atoms with Crippen LogP contribution in [0, 0.1) is 25.5 Å². The Morgan fingerprint density at radius 3 is 1.13 bits per heavy atom. The number of aryl methyl sites for hydroxylation is 5. The molecular formula is C101H92F4N14O9S3. The Balaban J connectivity index is 0.000000127. The number of hydrogen-bond acceptors (Lipinski definition) is 20. The monoisotopic (exact) mass is 1820 g/mol. The van der Waals surface area contributed by atoms with Crippen LogP contribution in [-0.4, -0.2) is 141 Å². The number of amides is 6. The maximum Gasteiger partial charge on any atom is 0.282 e. The summed E-state index contributed by atoms with van der Waals surface area (Å²) in [7, 11) is 0. The Kier molecular flexibility index (Phi) is 24.5. The van der Waals surface area contributed by atoms with E-state index in [1.54, 1.807) is 61.7 Å². The highest BCUT2D eigenvalue weighted by Crippen LogP contribution is 2.49. The number of nitrogens with one attached hydrogen (secondary N) is 6. The molecule has 0 radical (unpaired) electrons. The molecule has 3 unspecified atom stereocenters. The summed E-state index contributed by atoms with van der Waals surface area (Å²) >= 11 is 4.38. The number of ketones is 3. The molecule has 6 aliphatic carbocycles. The molecule has 9 heterocycles. The minimum absolute atomic E-state index is 0.000425. The van der Waals surface area contributed by atoms with Crippen molar-refractivity contribution in [2.24, 2.45) is 0 Å². The van der Waals surface area contributed by atoms with Crippen LogP contribution in [0.15, 0.2) is 182 Å². The molecule has 3 aliphatic heterocycles. The Morgan fingerprint density at radius 2 is 0.733 bits per heavy atom. The molecule has 30 heteroatoms. The van der Waals surface area contributed by atoms with Gasteiger partial charge in [0.1, 0.15) is 17.5 Å². The lowest BCUT2D eigenvalue weighted by molar-refractivity contribution is -0.0269. The summed E-state index contributed by atoms with van der Waals surface area (Å²) in [5, 5.41) is 33.9. The fraction of sp³-hybridized carbons (Fsp3) is 0.307. The molecule has 6 aromatic carbocycles. The number of rotatable bonds is 21. The molecular weight excluding hydrogens is 1730 g/mol. The first kappa shape index (κ1) is 87.0. The van der Waals surface area contributed by atoms with E-state index in [0.717, 1.165) is 172 Å². The molecule has 666 valence electrons. The number of nitrogens with zero attached hydrogens (tertiary/aromatic N) is 8. The number of thiophene rings is 3. The predicted molar refractivity (Wildman–Crippen MR) is 498 cm³/mol. The van der Waals surface area contributed by atoms with E-state index in [9.17, 15) is 51.9 Å². The summed E-state index contributed by atoms with van der Waals surface area (Å²) in [6, 6.07) is 51.9. The average molecular weight is 1820 g/mol. The van der Waals surface area contributed by atoms with E-state index in [1.807, 2.05) is 91.9 Å². The molecule has 0 bridgehead atoms. The Hall–Kier alpha value is -13.3. The summed E-state index contributed by atoms with van der Waals surface area (Å²) in [6.07, 6.45) is 15.6. The van der Waals surface area contributed by atoms with Gasteiger partial charge >= 0.3 is 0 Å². The van der Waals surface area contributed by atoms with Crippen LogP contribution in [0.3, 0.4) is 0 Å². The van der Waals surface area contributed by atoms with E-state index in [2.05, 4.69) is 73.1 Å². The van der Waals surface area contributed by atoms with Gasteiger partial charge in [0.25, 0.3) is 41.4 Å². The summed E-state index contributed by atoms with van der Waals surface area (Å²) in [5.74, 6) is -6.54. The number of aromatic nitrogens is 5. The number of carbonyl (C=O) groups is 9. The van der Waals surface area contributed by atoms with Crippen LogP contribution in [0.2, 0.25) is 0 Å². The largest absolute Gasteiger partial charge is 0.356 e. The molecule has 23 nitrogen and oxygen atoms in total. The molecule has 0 spiro atoms. The lowest BCUT2D eigenvalue weighted by Crippen LogP contribution is -2.57. The lowest BCUT2D eigenvalue weighted by atomic mass is 9.86. The van der Waals surface area contributed by atoms with Crippen molar-refractivity contribution in [1.82, 2.24) is 41.3 Å². The van der Waals surface area contributed by atoms with E-state index in [-0.39, 0.29) is 98.8 Å². The van der Waals surface area contributed by atoms with E-state index >= 15 is 8.78 Å². The molecule has 12 aromatic rings. The van der Waals surface area contributed by atoms with Crippen molar-refractivity contribution < 1.29 is 60.7 Å². The van der Waals surface area contributed by atoms with Crippen molar-refractivity contribution in [3.8, 4) is 31.3 Å². The zero-order chi connectivity index (χ0) is 90.5. The summed E-state index contributed by atoms with van der Waals surface area (Å²) < 4.78 is 58.0. The first-order chi connectivity index (χ1) is 63.5. The summed E-state index contributed by atoms with van der Waals surface area (Å²) in [5.41, 5.74) is 12.1. The quantitative estimate of drug-likeness (QED) is 0.0288. The number of hydrogen-bond donors (Lipinski definition) is 6. The second-order valence-corrected chi connectivity index (χ2v) is 38.2. The topological polar surface area (TPSA) is 300 Å². The maximum atomic E-state index is 15.5. The van der Waals surface area contributed by atoms with Crippen molar-refractivity contribution in [1.29, 1.82) is 0 Å². The molecule has 131 heavy (non-hydrogen) atoms. The molecule has 3 saturated carbocycles. The first-order valence-electron chi connectivity index (χ1n) is 44.6. The van der Waals surface area contributed by atoms with Crippen LogP contribution in [-0.2, 0) is 19.3 Å². The number of alkyl halides is 2. The van der Waals surface area contributed by atoms with Gasteiger partial charge in [-0.1, -0.05) is 72.8 Å². The summed E-state index contributed by atoms with van der Waals surface area (Å²) in [6.45, 7) is 5.71. The number of anilines is 6. The van der Waals surface area contributed by atoms with Gasteiger partial charge in [-0.15, -0.1) is 44.2 Å². The number of benzene rings is 6. The number of carbonyl (C=O) groups excluding carboxylic acids is 9. The second kappa shape index (κ2) is 36.9. The maximum absolute atomic E-state index is 15.5. The minimum atomic E-state index is -2.87. The number of pyridine rings is 1. The summed E-state index contributed by atoms with van der Waals surface area (Å²) in [4.78, 5) is 134. The third-order valence-electron chi connectivity index (χ3n) is 25.3. The average Bonchev–Trinajstić information content (AvgIpc) is 1.68. The number of fused-ring (bicyclic) bond motifs is 9. The molecule has 6 aromatic heterocycles. The van der Waals surface area contributed by atoms with Gasteiger partial charge in [0, 0.05) is 106 Å². The van der Waals surface area contributed by atoms with E-state index < -0.39 is 48.4 Å². The van der Waals surface area contributed by atoms with Crippen LogP contribution in [0.1, 0.15) is 237 Å². The molecule has 9 aliphatic rings. The third kappa shape index (κ3) is 18.9. The van der Waals surface area contributed by atoms with Crippen molar-refractivity contribution >= 4 is 121 Å². The predicted octanol–water partition coefficient (Wildman–Crippen LogP) is 18.9. The van der Waals surface area contributed by atoms with Gasteiger partial charge in [-0.25, -0.2) is 22.5 Å². The standard InChI is InChI=1S/C34H31FN4O3S.C34H33N5O3S.C33H28F3N5O3S/c35-28-19-22(38-33(41)27-8-5-15-36-32(27)39-16-3-4-17-39)12-14-26(28)30(40)24-13-9-20-18-29(34(42)37-21-10-11-21)43-31(20)25-7-2-1-6-23(24)25;1-20-18-28(32(38-37-20)39-16-4-5-17-39)33(41)35-23-11-8-21(9-12-23)30(40)26-15-10-22-19-29(34(42)36-24-13-14-24)43-31(22)27-7-3-2-6-25(26)27;1-17-12-25(30(40-39-17)41-15-33(35,36)16-41)31(43)38-20-9-11-24(26(34)14-20)28(42)22-10-6-18-13-27(32(44)37-19-7-8-19)45-29(18)23-5-3-2-4-21(22)23/h1-2,5-8,12,14-15,18-19,21,24H,3-4,9-11,13,16-17H2,(H,37,42)(H,38,41);2-3,6-9,11-12,18-19,24,26H,4-5,10,13-17H2,1H3,(H,35,41)(H,36,42);2-5,9,11-14,19,22H,6-8,10,15-16H2,1H3,(H,37,44)(H,38,43). The highest BCUT2D eigenvalue weighted by Gasteiger charge is 2.46. The second-order valence-electron chi connectivity index (χ2n) is 35.0. The van der Waals surface area contributed by atoms with Crippen molar-refractivity contribution in [3.05, 3.63) is 287 Å². The smallest absolute Gasteiger partial charge is 0.282 e. The van der Waals surface area contributed by atoms with Crippen LogP contribution in [0.4, 0.5) is 52.1 Å². The third-order valence-corrected chi connectivity index (χ3v) is 28.9. The first-order valence-corrected chi connectivity index (χ1v) is 47.0. The lowest BCUT2D eigenvalue weighted by Gasteiger charge is -2.39. The normalized spacial score (nSPS) is 17.8. The van der Waals surface area contributed by atoms with Crippen LogP contribution < -0.4 is 46.6 Å². The number of halogens is 4. The molecule has 21 rings (SSSR count). The molecule has 3 saturated heterocycles. The zero-order valence-corrected chi connectivity index (χ0v) is 74.3. The zero-order valence-electron chi connectivity index (χ0n) is 71.8. The van der Waals surface area contributed by atoms with E-state index in [4.69, 9.17) is 0 Å². The molecule has 6 fully saturated rings. The molecule has 3 atom stereocenters. The van der Waals surface area contributed by atoms with Gasteiger partial charge in [0.05, 0.1) is 66.9 Å². The van der Waals surface area contributed by atoms with Crippen molar-refractivity contribution in [2.75, 3.05) is 69.9 Å². The van der Waals surface area contributed by atoms with Gasteiger partial charge in [-0.2, -0.15) is 10.2 Å². The Labute approximate surface area is 764 Å². The fourth-order valence-corrected chi connectivity index (χ4v) is 21.6. The van der Waals surface area contributed by atoms with Crippen molar-refractivity contribution in [3.63, 3.8) is 0 Å². The van der Waals surface area contributed by atoms with Crippen LogP contribution in [0.5, 0.6) is 0 Å². The molecule has 6 amide bonds. The number of Topliss-reactive ketones (excluding diaryl/α,β-unsaturated/α-hetero) is 3. The highest BCUT2D eigenvalue weighted by atomic mass is 32.1. The van der Waals surface area contributed by atoms with Gasteiger partial charge in [-0.05, 0) is 270 Å². The van der Waals surface area contributed by atoms with Gasteiger partial charge < -0.3 is 46.6 Å². The Bertz CT molecular complexity index is 6560. The van der Waals surface area contributed by atoms with E-state index in [1.165, 1.54) is 69.2 Å². The highest BCUT2D eigenvalue weighted by molar-refractivity contribution is 7.18. The van der Waals surface area contributed by atoms with Gasteiger partial charge in [-0.3, -0.25) is 43.2 Å². The van der Waals surface area contributed by atoms with Crippen LogP contribution in [0.25, 0.3) is 31.3 Å². The Morgan fingerprint density at radius 1 is 0.366 bits per heavy atom. The van der Waals surface area contributed by atoms with E-state index in [0.29, 0.717) is 93.3 Å². The van der Waals surface area contributed by atoms with Gasteiger partial charge in [0.15, 0.2) is 29.0 Å². The molecule has 6 N–H and O–H groups in total. The van der Waals surface area contributed by atoms with Crippen molar-refractivity contribution in [2.45, 2.75) is 158 Å². The SMILES string of the molecule is Cc1cc(C(=O)Nc2ccc(C(=O)C3CCc4cc(C(=O)NC5CC5)sc4-c4ccccc43)c(F)c2)c(N2CC(F)(F)C2)nn1.Cc1cc(C(=O)Nc2ccc(C(=O)C3CCc4cc(C(=O)NC5CC5)sc4-c4ccccc43)cc2)c(N2CCCC2)nn1.O=C(NC1CC1)c1cc2c(s1)-c1ccccc1C(C(=O)c1ccc(NC(=O)c3cccnc3N3CCCC3)cc1F)CC2. The van der Waals surface area contributed by atoms with Crippen LogP contribution >= 0.6 is 34.0 Å². The minimum Gasteiger partial charge on any atom is -0.356 e. The van der Waals surface area contributed by atoms with Gasteiger partial charge in [0.2, 0.25) is 0 Å².